The summed E-state index contributed by atoms with van der Waals surface area (Å²) in [4.78, 5) is 11.4. The highest BCUT2D eigenvalue weighted by Gasteiger charge is 2.20. The van der Waals surface area contributed by atoms with Crippen molar-refractivity contribution in [2.24, 2.45) is 0 Å². The Morgan fingerprint density at radius 2 is 1.90 bits per heavy atom. The molecule has 0 bridgehead atoms. The first kappa shape index (κ1) is 12.6. The molecule has 0 aliphatic heterocycles. The minimum Gasteiger partial charge on any atom is -0.477 e. The van der Waals surface area contributed by atoms with Crippen LogP contribution in [0.1, 0.15) is 9.67 Å². The van der Waals surface area contributed by atoms with Crippen molar-refractivity contribution in [2.75, 3.05) is 0 Å². The number of hydrogen-bond donors (Lipinski definition) is 1. The SMILES string of the molecule is O=C(O)c1sc2cc(F)ccc2c1Oc1ccccc1. The van der Waals surface area contributed by atoms with Crippen molar-refractivity contribution in [2.45, 2.75) is 0 Å². The lowest BCUT2D eigenvalue weighted by molar-refractivity contribution is 0.0700. The van der Waals surface area contributed by atoms with Crippen molar-refractivity contribution in [3.8, 4) is 11.5 Å². The molecular weight excluding hydrogens is 279 g/mol. The first-order chi connectivity index (χ1) is 9.65. The summed E-state index contributed by atoms with van der Waals surface area (Å²) in [6, 6.07) is 13.0. The van der Waals surface area contributed by atoms with E-state index in [4.69, 9.17) is 4.74 Å². The van der Waals surface area contributed by atoms with E-state index in [-0.39, 0.29) is 10.6 Å². The van der Waals surface area contributed by atoms with E-state index < -0.39 is 11.8 Å². The van der Waals surface area contributed by atoms with Gasteiger partial charge in [-0.1, -0.05) is 18.2 Å². The third kappa shape index (κ3) is 2.23. The minimum absolute atomic E-state index is 0.0643. The van der Waals surface area contributed by atoms with Gasteiger partial charge in [0.2, 0.25) is 0 Å². The molecule has 100 valence electrons. The molecule has 0 atom stereocenters. The highest BCUT2D eigenvalue weighted by molar-refractivity contribution is 7.21. The predicted molar refractivity (Wildman–Crippen MR) is 75.3 cm³/mol. The standard InChI is InChI=1S/C15H9FO3S/c16-9-6-7-11-12(8-9)20-14(15(17)18)13(11)19-10-4-2-1-3-5-10/h1-8H,(H,17,18). The zero-order valence-corrected chi connectivity index (χ0v) is 11.0. The molecule has 0 saturated heterocycles. The molecule has 2 aromatic carbocycles. The van der Waals surface area contributed by atoms with Crippen LogP contribution in [0.5, 0.6) is 11.5 Å². The van der Waals surface area contributed by atoms with E-state index in [2.05, 4.69) is 0 Å². The number of carbonyl (C=O) groups is 1. The number of ether oxygens (including phenoxy) is 1. The van der Waals surface area contributed by atoms with Crippen LogP contribution in [-0.2, 0) is 0 Å². The summed E-state index contributed by atoms with van der Waals surface area (Å²) in [5.41, 5.74) is 0. The molecular formula is C15H9FO3S. The monoisotopic (exact) mass is 288 g/mol. The second-order valence-electron chi connectivity index (χ2n) is 4.12. The molecule has 0 aliphatic rings. The molecule has 3 aromatic rings. The Kier molecular flexibility index (Phi) is 3.12. The Morgan fingerprint density at radius 3 is 2.60 bits per heavy atom. The average Bonchev–Trinajstić information content (AvgIpc) is 2.78. The highest BCUT2D eigenvalue weighted by atomic mass is 32.1. The molecule has 0 unspecified atom stereocenters. The van der Waals surface area contributed by atoms with Crippen molar-refractivity contribution >= 4 is 27.4 Å². The first-order valence-corrected chi connectivity index (χ1v) is 6.65. The maximum absolute atomic E-state index is 13.2. The lowest BCUT2D eigenvalue weighted by Crippen LogP contribution is -1.95. The Labute approximate surface area is 117 Å². The van der Waals surface area contributed by atoms with E-state index in [1.54, 1.807) is 24.3 Å². The molecule has 1 N–H and O–H groups in total. The van der Waals surface area contributed by atoms with Crippen molar-refractivity contribution in [1.82, 2.24) is 0 Å². The Bertz CT molecular complexity index is 780. The zero-order chi connectivity index (χ0) is 14.1. The molecule has 1 heterocycles. The van der Waals surface area contributed by atoms with Crippen LogP contribution in [0.4, 0.5) is 4.39 Å². The van der Waals surface area contributed by atoms with Crippen LogP contribution in [0.3, 0.4) is 0 Å². The average molecular weight is 288 g/mol. The fraction of sp³-hybridized carbons (Fsp3) is 0. The third-order valence-electron chi connectivity index (χ3n) is 2.76. The summed E-state index contributed by atoms with van der Waals surface area (Å²) in [6.45, 7) is 0. The summed E-state index contributed by atoms with van der Waals surface area (Å²) in [7, 11) is 0. The van der Waals surface area contributed by atoms with Crippen LogP contribution < -0.4 is 4.74 Å². The van der Waals surface area contributed by atoms with Gasteiger partial charge < -0.3 is 9.84 Å². The Balaban J connectivity index is 2.16. The van der Waals surface area contributed by atoms with Gasteiger partial charge in [-0.05, 0) is 30.3 Å². The number of benzene rings is 2. The van der Waals surface area contributed by atoms with E-state index in [0.29, 0.717) is 15.8 Å². The molecule has 20 heavy (non-hydrogen) atoms. The quantitative estimate of drug-likeness (QED) is 0.770. The molecule has 0 saturated carbocycles. The number of para-hydroxylation sites is 1. The summed E-state index contributed by atoms with van der Waals surface area (Å²) < 4.78 is 19.4. The number of fused-ring (bicyclic) bond motifs is 1. The lowest BCUT2D eigenvalue weighted by atomic mass is 10.2. The molecule has 1 aromatic heterocycles. The number of halogens is 1. The number of aromatic carboxylic acids is 1. The first-order valence-electron chi connectivity index (χ1n) is 5.83. The zero-order valence-electron chi connectivity index (χ0n) is 10.2. The Morgan fingerprint density at radius 1 is 1.15 bits per heavy atom. The van der Waals surface area contributed by atoms with Gasteiger partial charge in [-0.3, -0.25) is 0 Å². The van der Waals surface area contributed by atoms with Crippen molar-refractivity contribution < 1.29 is 19.0 Å². The van der Waals surface area contributed by atoms with Gasteiger partial charge in [0.25, 0.3) is 0 Å². The van der Waals surface area contributed by atoms with Gasteiger partial charge in [0.05, 0.1) is 0 Å². The number of hydrogen-bond acceptors (Lipinski definition) is 3. The van der Waals surface area contributed by atoms with Crippen LogP contribution in [0.25, 0.3) is 10.1 Å². The van der Waals surface area contributed by atoms with Crippen LogP contribution in [0.15, 0.2) is 48.5 Å². The van der Waals surface area contributed by atoms with E-state index in [1.165, 1.54) is 18.2 Å². The molecule has 0 radical (unpaired) electrons. The fourth-order valence-corrected chi connectivity index (χ4v) is 2.89. The number of rotatable bonds is 3. The summed E-state index contributed by atoms with van der Waals surface area (Å²) in [5.74, 6) is -0.692. The van der Waals surface area contributed by atoms with Gasteiger partial charge in [-0.2, -0.15) is 0 Å². The molecule has 3 nitrogen and oxygen atoms in total. The van der Waals surface area contributed by atoms with Gasteiger partial charge in [-0.15, -0.1) is 11.3 Å². The number of thiophene rings is 1. The van der Waals surface area contributed by atoms with Crippen LogP contribution in [-0.4, -0.2) is 11.1 Å². The Hall–Kier alpha value is -2.40. The topological polar surface area (TPSA) is 46.5 Å². The maximum atomic E-state index is 13.2. The molecule has 3 rings (SSSR count). The van der Waals surface area contributed by atoms with E-state index in [1.807, 2.05) is 6.07 Å². The third-order valence-corrected chi connectivity index (χ3v) is 3.89. The number of carboxylic acids is 1. The van der Waals surface area contributed by atoms with E-state index in [9.17, 15) is 14.3 Å². The fourth-order valence-electron chi connectivity index (χ4n) is 1.90. The van der Waals surface area contributed by atoms with Gasteiger partial charge >= 0.3 is 5.97 Å². The highest BCUT2D eigenvalue weighted by Crippen LogP contribution is 2.40. The summed E-state index contributed by atoms with van der Waals surface area (Å²) in [5, 5.41) is 9.85. The van der Waals surface area contributed by atoms with Gasteiger partial charge in [0.1, 0.15) is 11.6 Å². The second-order valence-corrected chi connectivity index (χ2v) is 5.17. The summed E-state index contributed by atoms with van der Waals surface area (Å²) >= 11 is 1.00. The van der Waals surface area contributed by atoms with E-state index in [0.717, 1.165) is 11.3 Å². The maximum Gasteiger partial charge on any atom is 0.349 e. The molecule has 0 fully saturated rings. The molecule has 0 amide bonds. The normalized spacial score (nSPS) is 10.7. The number of carboxylic acid groups (broad SMARTS) is 1. The van der Waals surface area contributed by atoms with Crippen LogP contribution >= 0.6 is 11.3 Å². The van der Waals surface area contributed by atoms with Crippen LogP contribution in [0, 0.1) is 5.82 Å². The largest absolute Gasteiger partial charge is 0.477 e. The van der Waals surface area contributed by atoms with Crippen LogP contribution in [0.2, 0.25) is 0 Å². The smallest absolute Gasteiger partial charge is 0.349 e. The van der Waals surface area contributed by atoms with Crippen molar-refractivity contribution in [3.05, 3.63) is 59.2 Å². The molecule has 0 spiro atoms. The molecule has 5 heteroatoms. The predicted octanol–water partition coefficient (Wildman–Crippen LogP) is 4.53. The van der Waals surface area contributed by atoms with Crippen molar-refractivity contribution in [3.63, 3.8) is 0 Å². The van der Waals surface area contributed by atoms with Crippen molar-refractivity contribution in [1.29, 1.82) is 0 Å². The molecule has 0 aliphatic carbocycles. The minimum atomic E-state index is -1.09. The van der Waals surface area contributed by atoms with E-state index >= 15 is 0 Å². The summed E-state index contributed by atoms with van der Waals surface area (Å²) in [6.07, 6.45) is 0. The second kappa shape index (κ2) is 4.94. The lowest BCUT2D eigenvalue weighted by Gasteiger charge is -2.05. The van der Waals surface area contributed by atoms with Gasteiger partial charge in [0, 0.05) is 10.1 Å². The van der Waals surface area contributed by atoms with Gasteiger partial charge in [0.15, 0.2) is 10.6 Å². The van der Waals surface area contributed by atoms with Gasteiger partial charge in [-0.25, -0.2) is 9.18 Å².